The fourth-order valence-corrected chi connectivity index (χ4v) is 3.35. The number of rotatable bonds is 3. The Bertz CT molecular complexity index is 615. The maximum absolute atomic E-state index is 3.82. The van der Waals surface area contributed by atoms with E-state index in [2.05, 4.69) is 68.6 Å². The number of hydrogen-bond donors (Lipinski definition) is 1. The molecule has 1 aliphatic rings. The van der Waals surface area contributed by atoms with Gasteiger partial charge in [-0.05, 0) is 55.9 Å². The Morgan fingerprint density at radius 2 is 1.90 bits per heavy atom. The first-order chi connectivity index (χ1) is 9.65. The lowest BCUT2D eigenvalue weighted by molar-refractivity contribution is 0.463. The molecular formula is C19H23N. The van der Waals surface area contributed by atoms with Crippen LogP contribution >= 0.6 is 0 Å². The van der Waals surface area contributed by atoms with Crippen molar-refractivity contribution in [2.75, 3.05) is 0 Å². The van der Waals surface area contributed by atoms with Crippen LogP contribution in [0.25, 0.3) is 0 Å². The molecule has 1 heteroatoms. The third-order valence-corrected chi connectivity index (χ3v) is 4.49. The van der Waals surface area contributed by atoms with Gasteiger partial charge < -0.3 is 5.32 Å². The molecule has 0 saturated carbocycles. The third-order valence-electron chi connectivity index (χ3n) is 4.49. The van der Waals surface area contributed by atoms with Crippen LogP contribution in [0, 0.1) is 13.8 Å². The van der Waals surface area contributed by atoms with Gasteiger partial charge in [0, 0.05) is 12.1 Å². The lowest BCUT2D eigenvalue weighted by Crippen LogP contribution is -2.23. The molecule has 0 fully saturated rings. The Morgan fingerprint density at radius 1 is 1.10 bits per heavy atom. The van der Waals surface area contributed by atoms with Crippen LogP contribution in [-0.2, 0) is 6.42 Å². The van der Waals surface area contributed by atoms with E-state index in [1.54, 1.807) is 0 Å². The maximum Gasteiger partial charge on any atom is 0.0331 e. The summed E-state index contributed by atoms with van der Waals surface area (Å²) in [6.07, 6.45) is 2.42. The van der Waals surface area contributed by atoms with Crippen LogP contribution in [0.3, 0.4) is 0 Å². The summed E-state index contributed by atoms with van der Waals surface area (Å²) in [6.45, 7) is 6.65. The molecule has 0 heterocycles. The second-order valence-electron chi connectivity index (χ2n) is 6.04. The van der Waals surface area contributed by atoms with Crippen LogP contribution in [0.4, 0.5) is 0 Å². The number of aryl methyl sites for hydroxylation is 3. The minimum atomic E-state index is 0.394. The first-order valence-electron chi connectivity index (χ1n) is 7.56. The molecule has 1 aliphatic carbocycles. The van der Waals surface area contributed by atoms with Gasteiger partial charge in [-0.2, -0.15) is 0 Å². The van der Waals surface area contributed by atoms with Crippen LogP contribution in [0.5, 0.6) is 0 Å². The standard InChI is InChI=1S/C19H23N/c1-13-8-9-14(2)18(12-13)15(3)20-19-11-10-16-6-4-5-7-17(16)19/h4-9,12,15,19-20H,10-11H2,1-3H3. The first kappa shape index (κ1) is 13.4. The fraction of sp³-hybridized carbons (Fsp3) is 0.368. The number of fused-ring (bicyclic) bond motifs is 1. The summed E-state index contributed by atoms with van der Waals surface area (Å²) in [7, 11) is 0. The highest BCUT2D eigenvalue weighted by atomic mass is 15.0. The summed E-state index contributed by atoms with van der Waals surface area (Å²) < 4.78 is 0. The molecule has 0 aliphatic heterocycles. The molecular weight excluding hydrogens is 242 g/mol. The van der Waals surface area contributed by atoms with Gasteiger partial charge in [0.15, 0.2) is 0 Å². The summed E-state index contributed by atoms with van der Waals surface area (Å²) in [5.41, 5.74) is 7.14. The van der Waals surface area contributed by atoms with Crippen molar-refractivity contribution in [1.29, 1.82) is 0 Å². The molecule has 0 saturated heterocycles. The molecule has 104 valence electrons. The molecule has 0 spiro atoms. The van der Waals surface area contributed by atoms with Crippen LogP contribution in [0.15, 0.2) is 42.5 Å². The van der Waals surface area contributed by atoms with E-state index < -0.39 is 0 Å². The molecule has 20 heavy (non-hydrogen) atoms. The van der Waals surface area contributed by atoms with Gasteiger partial charge in [0.25, 0.3) is 0 Å². The number of nitrogens with one attached hydrogen (secondary N) is 1. The van der Waals surface area contributed by atoms with E-state index in [1.807, 2.05) is 0 Å². The Kier molecular flexibility index (Phi) is 3.62. The summed E-state index contributed by atoms with van der Waals surface area (Å²) in [5, 5.41) is 3.82. The lowest BCUT2D eigenvalue weighted by Gasteiger charge is -2.22. The average molecular weight is 265 g/mol. The molecule has 2 aromatic rings. The minimum absolute atomic E-state index is 0.394. The molecule has 0 radical (unpaired) electrons. The summed E-state index contributed by atoms with van der Waals surface area (Å²) in [6, 6.07) is 16.5. The normalized spacial score (nSPS) is 18.9. The van der Waals surface area contributed by atoms with Gasteiger partial charge in [0.05, 0.1) is 0 Å². The SMILES string of the molecule is Cc1ccc(C)c(C(C)NC2CCc3ccccc32)c1. The minimum Gasteiger partial charge on any atom is -0.303 e. The summed E-state index contributed by atoms with van der Waals surface area (Å²) >= 11 is 0. The zero-order valence-corrected chi connectivity index (χ0v) is 12.6. The molecule has 2 atom stereocenters. The second kappa shape index (κ2) is 5.41. The van der Waals surface area contributed by atoms with Gasteiger partial charge in [0.2, 0.25) is 0 Å². The molecule has 0 aromatic heterocycles. The quantitative estimate of drug-likeness (QED) is 0.852. The molecule has 1 nitrogen and oxygen atoms in total. The van der Waals surface area contributed by atoms with Gasteiger partial charge in [-0.25, -0.2) is 0 Å². The maximum atomic E-state index is 3.82. The Balaban J connectivity index is 1.80. The summed E-state index contributed by atoms with van der Waals surface area (Å²) in [5.74, 6) is 0. The summed E-state index contributed by atoms with van der Waals surface area (Å²) in [4.78, 5) is 0. The van der Waals surface area contributed by atoms with Crippen LogP contribution in [0.2, 0.25) is 0 Å². The van der Waals surface area contributed by atoms with Crippen molar-refractivity contribution in [2.45, 2.75) is 45.7 Å². The van der Waals surface area contributed by atoms with E-state index in [9.17, 15) is 0 Å². The van der Waals surface area contributed by atoms with E-state index in [-0.39, 0.29) is 0 Å². The van der Waals surface area contributed by atoms with E-state index in [4.69, 9.17) is 0 Å². The Hall–Kier alpha value is -1.60. The van der Waals surface area contributed by atoms with Crippen LogP contribution < -0.4 is 5.32 Å². The molecule has 0 bridgehead atoms. The highest BCUT2D eigenvalue weighted by molar-refractivity contribution is 5.36. The largest absolute Gasteiger partial charge is 0.303 e. The number of benzene rings is 2. The predicted molar refractivity (Wildman–Crippen MR) is 85.0 cm³/mol. The molecule has 2 aromatic carbocycles. The zero-order chi connectivity index (χ0) is 14.1. The van der Waals surface area contributed by atoms with E-state index in [0.717, 1.165) is 0 Å². The highest BCUT2D eigenvalue weighted by Gasteiger charge is 2.23. The molecule has 1 N–H and O–H groups in total. The monoisotopic (exact) mass is 265 g/mol. The van der Waals surface area contributed by atoms with Crippen molar-refractivity contribution < 1.29 is 0 Å². The Morgan fingerprint density at radius 3 is 2.75 bits per heavy atom. The van der Waals surface area contributed by atoms with Crippen LogP contribution in [-0.4, -0.2) is 0 Å². The van der Waals surface area contributed by atoms with Gasteiger partial charge in [-0.15, -0.1) is 0 Å². The third kappa shape index (κ3) is 2.51. The first-order valence-corrected chi connectivity index (χ1v) is 7.56. The van der Waals surface area contributed by atoms with Gasteiger partial charge >= 0.3 is 0 Å². The van der Waals surface area contributed by atoms with Gasteiger partial charge in [0.1, 0.15) is 0 Å². The predicted octanol–water partition coefficient (Wildman–Crippen LogP) is 4.64. The second-order valence-corrected chi connectivity index (χ2v) is 6.04. The molecule has 3 rings (SSSR count). The smallest absolute Gasteiger partial charge is 0.0331 e. The van der Waals surface area contributed by atoms with Crippen molar-refractivity contribution in [1.82, 2.24) is 5.32 Å². The van der Waals surface area contributed by atoms with Crippen LogP contribution in [0.1, 0.15) is 53.2 Å². The molecule has 2 unspecified atom stereocenters. The Labute approximate surface area is 122 Å². The van der Waals surface area contributed by atoms with Gasteiger partial charge in [-0.1, -0.05) is 48.0 Å². The van der Waals surface area contributed by atoms with Crippen molar-refractivity contribution in [3.63, 3.8) is 0 Å². The van der Waals surface area contributed by atoms with Crippen molar-refractivity contribution in [3.8, 4) is 0 Å². The fourth-order valence-electron chi connectivity index (χ4n) is 3.35. The average Bonchev–Trinajstić information content (AvgIpc) is 2.85. The zero-order valence-electron chi connectivity index (χ0n) is 12.6. The van der Waals surface area contributed by atoms with E-state index >= 15 is 0 Å². The number of hydrogen-bond acceptors (Lipinski definition) is 1. The van der Waals surface area contributed by atoms with E-state index in [0.29, 0.717) is 12.1 Å². The topological polar surface area (TPSA) is 12.0 Å². The van der Waals surface area contributed by atoms with Crippen molar-refractivity contribution in [2.24, 2.45) is 0 Å². The van der Waals surface area contributed by atoms with Crippen molar-refractivity contribution in [3.05, 3.63) is 70.3 Å². The van der Waals surface area contributed by atoms with Crippen molar-refractivity contribution >= 4 is 0 Å². The lowest BCUT2D eigenvalue weighted by atomic mass is 9.98. The van der Waals surface area contributed by atoms with E-state index in [1.165, 1.54) is 40.7 Å². The molecule has 0 amide bonds. The van der Waals surface area contributed by atoms with Gasteiger partial charge in [-0.3, -0.25) is 0 Å². The highest BCUT2D eigenvalue weighted by Crippen LogP contribution is 2.33.